The molecule has 21 heavy (non-hydrogen) atoms. The normalized spacial score (nSPS) is 12.2. The Bertz CT molecular complexity index is 633. The second kappa shape index (κ2) is 6.87. The topological polar surface area (TPSA) is 33.5 Å². The zero-order valence-electron chi connectivity index (χ0n) is 13.1. The van der Waals surface area contributed by atoms with Gasteiger partial charge in [0, 0.05) is 5.69 Å². The molecule has 0 saturated heterocycles. The quantitative estimate of drug-likeness (QED) is 0.873. The van der Waals surface area contributed by atoms with E-state index in [1.165, 1.54) is 20.9 Å². The van der Waals surface area contributed by atoms with E-state index in [0.717, 1.165) is 17.8 Å². The highest BCUT2D eigenvalue weighted by Crippen LogP contribution is 2.17. The molecular weight excluding hydrogens is 280 g/mol. The standard InChI is InChI=1S/C17H22N2OS/c1-12-6-5-7-15(14(12)3)18-17(20)11-19(4)10-16-13(2)8-9-21-16/h5-9H,10-11H2,1-4H3,(H,18,20)/p+1. The molecule has 0 radical (unpaired) electrons. The van der Waals surface area contributed by atoms with Crippen LogP contribution < -0.4 is 10.2 Å². The van der Waals surface area contributed by atoms with Crippen molar-refractivity contribution in [3.63, 3.8) is 0 Å². The molecule has 0 aliphatic heterocycles. The van der Waals surface area contributed by atoms with E-state index in [1.807, 2.05) is 19.1 Å². The lowest BCUT2D eigenvalue weighted by Gasteiger charge is -2.15. The molecule has 0 spiro atoms. The highest BCUT2D eigenvalue weighted by Gasteiger charge is 2.13. The Morgan fingerprint density at radius 2 is 1.95 bits per heavy atom. The highest BCUT2D eigenvalue weighted by atomic mass is 32.1. The lowest BCUT2D eigenvalue weighted by atomic mass is 10.1. The molecule has 1 aromatic heterocycles. The van der Waals surface area contributed by atoms with Crippen molar-refractivity contribution in [2.75, 3.05) is 18.9 Å². The predicted molar refractivity (Wildman–Crippen MR) is 89.1 cm³/mol. The molecule has 0 saturated carbocycles. The van der Waals surface area contributed by atoms with Crippen LogP contribution in [0.3, 0.4) is 0 Å². The van der Waals surface area contributed by atoms with Crippen LogP contribution >= 0.6 is 11.3 Å². The van der Waals surface area contributed by atoms with Gasteiger partial charge in [0.25, 0.3) is 5.91 Å². The van der Waals surface area contributed by atoms with E-state index in [4.69, 9.17) is 0 Å². The molecule has 2 aromatic rings. The van der Waals surface area contributed by atoms with Gasteiger partial charge >= 0.3 is 0 Å². The maximum absolute atomic E-state index is 12.2. The van der Waals surface area contributed by atoms with Crippen molar-refractivity contribution in [1.82, 2.24) is 0 Å². The Hall–Kier alpha value is -1.65. The van der Waals surface area contributed by atoms with Gasteiger partial charge in [-0.15, -0.1) is 11.3 Å². The summed E-state index contributed by atoms with van der Waals surface area (Å²) in [5.41, 5.74) is 4.56. The fourth-order valence-electron chi connectivity index (χ4n) is 2.28. The Balaban J connectivity index is 1.92. The zero-order valence-corrected chi connectivity index (χ0v) is 13.9. The van der Waals surface area contributed by atoms with Crippen LogP contribution in [0.1, 0.15) is 21.6 Å². The SMILES string of the molecule is Cc1ccsc1C[NH+](C)CC(=O)Nc1cccc(C)c1C. The summed E-state index contributed by atoms with van der Waals surface area (Å²) >= 11 is 1.76. The van der Waals surface area contributed by atoms with E-state index >= 15 is 0 Å². The molecule has 1 amide bonds. The number of aryl methyl sites for hydroxylation is 2. The molecule has 4 heteroatoms. The third kappa shape index (κ3) is 4.16. The molecular formula is C17H23N2OS+. The summed E-state index contributed by atoms with van der Waals surface area (Å²) in [4.78, 5) is 14.7. The first-order chi connectivity index (χ1) is 9.97. The first-order valence-electron chi connectivity index (χ1n) is 7.17. The van der Waals surface area contributed by atoms with Gasteiger partial charge in [-0.25, -0.2) is 0 Å². The number of thiophene rings is 1. The Morgan fingerprint density at radius 1 is 1.19 bits per heavy atom. The first-order valence-corrected chi connectivity index (χ1v) is 8.05. The van der Waals surface area contributed by atoms with Gasteiger partial charge in [-0.3, -0.25) is 4.79 Å². The second-order valence-corrected chi connectivity index (χ2v) is 6.63. The number of quaternary nitrogens is 1. The van der Waals surface area contributed by atoms with Crippen molar-refractivity contribution >= 4 is 22.9 Å². The van der Waals surface area contributed by atoms with E-state index in [2.05, 4.69) is 43.7 Å². The molecule has 0 fully saturated rings. The van der Waals surface area contributed by atoms with Crippen LogP contribution in [0.4, 0.5) is 5.69 Å². The Labute approximate surface area is 130 Å². The molecule has 1 atom stereocenters. The minimum Gasteiger partial charge on any atom is -0.325 e. The van der Waals surface area contributed by atoms with Gasteiger partial charge in [-0.05, 0) is 55.0 Å². The molecule has 1 unspecified atom stereocenters. The van der Waals surface area contributed by atoms with Gasteiger partial charge in [-0.2, -0.15) is 0 Å². The number of rotatable bonds is 5. The smallest absolute Gasteiger partial charge is 0.279 e. The van der Waals surface area contributed by atoms with Gasteiger partial charge < -0.3 is 10.2 Å². The van der Waals surface area contributed by atoms with Crippen molar-refractivity contribution in [3.05, 3.63) is 51.2 Å². The van der Waals surface area contributed by atoms with Crippen LogP contribution in [0.5, 0.6) is 0 Å². The molecule has 2 rings (SSSR count). The van der Waals surface area contributed by atoms with Crippen LogP contribution in [-0.2, 0) is 11.3 Å². The minimum atomic E-state index is 0.0652. The summed E-state index contributed by atoms with van der Waals surface area (Å²) in [5.74, 6) is 0.0652. The Kier molecular flexibility index (Phi) is 5.15. The first kappa shape index (κ1) is 15.7. The minimum absolute atomic E-state index is 0.0652. The largest absolute Gasteiger partial charge is 0.325 e. The van der Waals surface area contributed by atoms with E-state index < -0.39 is 0 Å². The molecule has 3 nitrogen and oxygen atoms in total. The number of hydrogen-bond donors (Lipinski definition) is 2. The average Bonchev–Trinajstić information content (AvgIpc) is 2.80. The molecule has 1 heterocycles. The van der Waals surface area contributed by atoms with Gasteiger partial charge in [0.2, 0.25) is 0 Å². The number of amides is 1. The van der Waals surface area contributed by atoms with E-state index in [1.54, 1.807) is 11.3 Å². The summed E-state index contributed by atoms with van der Waals surface area (Å²) in [6, 6.07) is 8.12. The number of benzene rings is 1. The number of nitrogens with one attached hydrogen (secondary N) is 2. The van der Waals surface area contributed by atoms with Crippen molar-refractivity contribution in [2.45, 2.75) is 27.3 Å². The van der Waals surface area contributed by atoms with Gasteiger partial charge in [-0.1, -0.05) is 12.1 Å². The highest BCUT2D eigenvalue weighted by molar-refractivity contribution is 7.10. The van der Waals surface area contributed by atoms with Crippen LogP contribution in [0, 0.1) is 20.8 Å². The molecule has 0 aliphatic rings. The van der Waals surface area contributed by atoms with Crippen molar-refractivity contribution < 1.29 is 9.69 Å². The maximum Gasteiger partial charge on any atom is 0.279 e. The fourth-order valence-corrected chi connectivity index (χ4v) is 3.30. The van der Waals surface area contributed by atoms with Crippen molar-refractivity contribution in [3.8, 4) is 0 Å². The summed E-state index contributed by atoms with van der Waals surface area (Å²) in [7, 11) is 2.06. The van der Waals surface area contributed by atoms with E-state index in [-0.39, 0.29) is 5.91 Å². The molecule has 112 valence electrons. The Morgan fingerprint density at radius 3 is 2.62 bits per heavy atom. The summed E-state index contributed by atoms with van der Waals surface area (Å²) < 4.78 is 0. The van der Waals surface area contributed by atoms with Gasteiger partial charge in [0.1, 0.15) is 6.54 Å². The number of carbonyl (C=O) groups excluding carboxylic acids is 1. The average molecular weight is 303 g/mol. The number of carbonyl (C=O) groups is 1. The third-order valence-corrected chi connectivity index (χ3v) is 4.79. The van der Waals surface area contributed by atoms with Crippen LogP contribution in [0.15, 0.2) is 29.6 Å². The second-order valence-electron chi connectivity index (χ2n) is 5.63. The van der Waals surface area contributed by atoms with Crippen molar-refractivity contribution in [2.24, 2.45) is 0 Å². The number of anilines is 1. The predicted octanol–water partition coefficient (Wildman–Crippen LogP) is 2.33. The number of hydrogen-bond acceptors (Lipinski definition) is 2. The molecule has 0 aliphatic carbocycles. The van der Waals surface area contributed by atoms with Crippen LogP contribution in [-0.4, -0.2) is 19.5 Å². The van der Waals surface area contributed by atoms with E-state index in [9.17, 15) is 4.79 Å². The van der Waals surface area contributed by atoms with Gasteiger partial charge in [0.15, 0.2) is 6.54 Å². The third-order valence-electron chi connectivity index (χ3n) is 3.77. The summed E-state index contributed by atoms with van der Waals surface area (Å²) in [6.45, 7) is 7.59. The van der Waals surface area contributed by atoms with Gasteiger partial charge in [0.05, 0.1) is 11.9 Å². The lowest BCUT2D eigenvalue weighted by Crippen LogP contribution is -3.08. The molecule has 1 aromatic carbocycles. The number of likely N-dealkylation sites (N-methyl/N-ethyl adjacent to an activating group) is 1. The zero-order chi connectivity index (χ0) is 15.4. The monoisotopic (exact) mass is 303 g/mol. The van der Waals surface area contributed by atoms with E-state index in [0.29, 0.717) is 6.54 Å². The van der Waals surface area contributed by atoms with Crippen LogP contribution in [0.25, 0.3) is 0 Å². The summed E-state index contributed by atoms with van der Waals surface area (Å²) in [5, 5.41) is 5.13. The van der Waals surface area contributed by atoms with Crippen LogP contribution in [0.2, 0.25) is 0 Å². The maximum atomic E-state index is 12.2. The lowest BCUT2D eigenvalue weighted by molar-refractivity contribution is -0.884. The molecule has 0 bridgehead atoms. The van der Waals surface area contributed by atoms with Crippen molar-refractivity contribution in [1.29, 1.82) is 0 Å². The summed E-state index contributed by atoms with van der Waals surface area (Å²) in [6.07, 6.45) is 0. The fraction of sp³-hybridized carbons (Fsp3) is 0.353. The molecule has 2 N–H and O–H groups in total.